The fourth-order valence-corrected chi connectivity index (χ4v) is 2.73. The molecular weight excluding hydrogens is 266 g/mol. The number of anilines is 1. The summed E-state index contributed by atoms with van der Waals surface area (Å²) in [7, 11) is -0.0282. The molecule has 2 rings (SSSR count). The van der Waals surface area contributed by atoms with Gasteiger partial charge in [-0.2, -0.15) is 0 Å². The third kappa shape index (κ3) is 2.94. The number of primary sulfonamides is 1. The first-order valence-electron chi connectivity index (χ1n) is 5.90. The maximum Gasteiger partial charge on any atom is 0.241 e. The number of hydrogen-bond acceptors (Lipinski definition) is 4. The monoisotopic (exact) mass is 283 g/mol. The van der Waals surface area contributed by atoms with Crippen molar-refractivity contribution < 1.29 is 13.2 Å². The highest BCUT2D eigenvalue weighted by Gasteiger charge is 2.25. The number of amides is 1. The van der Waals surface area contributed by atoms with E-state index in [1.807, 2.05) is 14.1 Å². The topological polar surface area (TPSA) is 83.7 Å². The van der Waals surface area contributed by atoms with Crippen molar-refractivity contribution in [1.82, 2.24) is 4.90 Å². The lowest BCUT2D eigenvalue weighted by atomic mass is 10.2. The van der Waals surface area contributed by atoms with Crippen molar-refractivity contribution in [3.05, 3.63) is 23.8 Å². The van der Waals surface area contributed by atoms with E-state index in [4.69, 9.17) is 5.14 Å². The molecule has 1 amide bonds. The van der Waals surface area contributed by atoms with Gasteiger partial charge in [0.2, 0.25) is 15.9 Å². The van der Waals surface area contributed by atoms with Gasteiger partial charge in [-0.25, -0.2) is 13.6 Å². The van der Waals surface area contributed by atoms with E-state index < -0.39 is 10.0 Å². The van der Waals surface area contributed by atoms with Crippen molar-refractivity contribution in [3.8, 4) is 0 Å². The molecule has 0 saturated heterocycles. The highest BCUT2D eigenvalue weighted by molar-refractivity contribution is 7.89. The van der Waals surface area contributed by atoms with Gasteiger partial charge in [-0.3, -0.25) is 4.79 Å². The molecule has 0 fully saturated rings. The number of sulfonamides is 1. The van der Waals surface area contributed by atoms with Crippen LogP contribution < -0.4 is 10.0 Å². The second kappa shape index (κ2) is 4.92. The van der Waals surface area contributed by atoms with Crippen molar-refractivity contribution in [1.29, 1.82) is 0 Å². The Morgan fingerprint density at radius 1 is 1.42 bits per heavy atom. The molecule has 6 nitrogen and oxygen atoms in total. The Bertz CT molecular complexity index is 611. The lowest BCUT2D eigenvalue weighted by molar-refractivity contribution is -0.119. The van der Waals surface area contributed by atoms with Crippen LogP contribution in [0.5, 0.6) is 0 Å². The zero-order chi connectivity index (χ0) is 14.2. The highest BCUT2D eigenvalue weighted by atomic mass is 32.2. The van der Waals surface area contributed by atoms with Crippen LogP contribution in [0.2, 0.25) is 0 Å². The van der Waals surface area contributed by atoms with Gasteiger partial charge >= 0.3 is 0 Å². The van der Waals surface area contributed by atoms with Gasteiger partial charge < -0.3 is 9.80 Å². The summed E-state index contributed by atoms with van der Waals surface area (Å²) in [4.78, 5) is 15.6. The minimum Gasteiger partial charge on any atom is -0.311 e. The van der Waals surface area contributed by atoms with E-state index in [1.165, 1.54) is 6.07 Å². The summed E-state index contributed by atoms with van der Waals surface area (Å²) < 4.78 is 22.6. The minimum absolute atomic E-state index is 0.00658. The molecule has 1 aromatic carbocycles. The molecule has 0 saturated carbocycles. The summed E-state index contributed by atoms with van der Waals surface area (Å²) in [5, 5.41) is 5.10. The lowest BCUT2D eigenvalue weighted by Gasteiger charge is -2.19. The summed E-state index contributed by atoms with van der Waals surface area (Å²) in [6.45, 7) is 0.909. The second-order valence-corrected chi connectivity index (χ2v) is 6.43. The van der Waals surface area contributed by atoms with Gasteiger partial charge in [0.25, 0.3) is 0 Å². The van der Waals surface area contributed by atoms with Crippen LogP contribution in [0, 0.1) is 0 Å². The summed E-state index contributed by atoms with van der Waals surface area (Å²) >= 11 is 0. The maximum atomic E-state index is 12.0. The van der Waals surface area contributed by atoms with E-state index >= 15 is 0 Å². The first-order chi connectivity index (χ1) is 8.79. The van der Waals surface area contributed by atoms with Gasteiger partial charge in [-0.15, -0.1) is 0 Å². The van der Waals surface area contributed by atoms with Crippen molar-refractivity contribution in [2.24, 2.45) is 5.14 Å². The molecule has 1 aliphatic rings. The molecule has 1 heterocycles. The van der Waals surface area contributed by atoms with Crippen LogP contribution in [0.25, 0.3) is 0 Å². The van der Waals surface area contributed by atoms with Crippen LogP contribution >= 0.6 is 0 Å². The van der Waals surface area contributed by atoms with Crippen molar-refractivity contribution in [2.45, 2.75) is 11.3 Å². The van der Waals surface area contributed by atoms with Crippen LogP contribution in [0.15, 0.2) is 23.1 Å². The van der Waals surface area contributed by atoms with Crippen LogP contribution in [0.4, 0.5) is 5.69 Å². The highest BCUT2D eigenvalue weighted by Crippen LogP contribution is 2.29. The molecule has 7 heteroatoms. The maximum absolute atomic E-state index is 12.0. The molecule has 0 aromatic heterocycles. The molecule has 0 atom stereocenters. The molecule has 0 unspecified atom stereocenters. The van der Waals surface area contributed by atoms with Crippen molar-refractivity contribution in [2.75, 3.05) is 32.1 Å². The number of fused-ring (bicyclic) bond motifs is 1. The molecule has 1 aromatic rings. The molecular formula is C12H17N3O3S. The van der Waals surface area contributed by atoms with Gasteiger partial charge in [0.1, 0.15) is 0 Å². The standard InChI is InChI=1S/C12H17N3O3S/c1-14(2)8-12(16)15-6-5-9-7-10(19(13,17)18)3-4-11(9)15/h3-4,7H,5-6,8H2,1-2H3,(H2,13,17,18). The average Bonchev–Trinajstić information content (AvgIpc) is 2.69. The fourth-order valence-electron chi connectivity index (χ4n) is 2.17. The van der Waals surface area contributed by atoms with E-state index in [2.05, 4.69) is 0 Å². The number of benzene rings is 1. The minimum atomic E-state index is -3.69. The smallest absolute Gasteiger partial charge is 0.241 e. The molecule has 0 bridgehead atoms. The molecule has 0 spiro atoms. The van der Waals surface area contributed by atoms with E-state index in [1.54, 1.807) is 21.9 Å². The van der Waals surface area contributed by atoms with Crippen molar-refractivity contribution in [3.63, 3.8) is 0 Å². The Balaban J connectivity index is 2.30. The fraction of sp³-hybridized carbons (Fsp3) is 0.417. The van der Waals surface area contributed by atoms with Crippen LogP contribution in [0.3, 0.4) is 0 Å². The van der Waals surface area contributed by atoms with Gasteiger partial charge in [-0.1, -0.05) is 0 Å². The van der Waals surface area contributed by atoms with Crippen molar-refractivity contribution >= 4 is 21.6 Å². The van der Waals surface area contributed by atoms with Crippen LogP contribution in [-0.2, 0) is 21.2 Å². The third-order valence-corrected chi connectivity index (χ3v) is 3.94. The molecule has 104 valence electrons. The van der Waals surface area contributed by atoms with Gasteiger partial charge in [0.05, 0.1) is 11.4 Å². The summed E-state index contributed by atoms with van der Waals surface area (Å²) in [6.07, 6.45) is 0.651. The molecule has 1 aliphatic heterocycles. The number of carbonyl (C=O) groups excluding carboxylic acids is 1. The SMILES string of the molecule is CN(C)CC(=O)N1CCc2cc(S(N)(=O)=O)ccc21. The van der Waals surface area contributed by atoms with Crippen LogP contribution in [-0.4, -0.2) is 46.4 Å². The third-order valence-electron chi connectivity index (χ3n) is 3.03. The van der Waals surface area contributed by atoms with Crippen LogP contribution in [0.1, 0.15) is 5.56 Å². The van der Waals surface area contributed by atoms with E-state index in [9.17, 15) is 13.2 Å². The molecule has 19 heavy (non-hydrogen) atoms. The largest absolute Gasteiger partial charge is 0.311 e. The Kier molecular flexibility index (Phi) is 3.62. The molecule has 0 aliphatic carbocycles. The number of likely N-dealkylation sites (N-methyl/N-ethyl adjacent to an activating group) is 1. The average molecular weight is 283 g/mol. The number of rotatable bonds is 3. The van der Waals surface area contributed by atoms with Gasteiger partial charge in [0.15, 0.2) is 0 Å². The Morgan fingerprint density at radius 3 is 2.68 bits per heavy atom. The lowest BCUT2D eigenvalue weighted by Crippen LogP contribution is -2.36. The summed E-state index contributed by atoms with van der Waals surface area (Å²) in [5.41, 5.74) is 1.62. The predicted octanol–water partition coefficient (Wildman–Crippen LogP) is -0.215. The normalized spacial score (nSPS) is 14.8. The Morgan fingerprint density at radius 2 is 2.11 bits per heavy atom. The van der Waals surface area contributed by atoms with Gasteiger partial charge in [-0.05, 0) is 44.3 Å². The Hall–Kier alpha value is -1.44. The van der Waals surface area contributed by atoms with E-state index in [0.29, 0.717) is 19.5 Å². The van der Waals surface area contributed by atoms with Gasteiger partial charge in [0, 0.05) is 12.2 Å². The van der Waals surface area contributed by atoms with E-state index in [-0.39, 0.29) is 10.8 Å². The first-order valence-corrected chi connectivity index (χ1v) is 7.44. The second-order valence-electron chi connectivity index (χ2n) is 4.87. The first kappa shape index (κ1) is 14.0. The number of nitrogens with two attached hydrogens (primary N) is 1. The summed E-state index contributed by atoms with van der Waals surface area (Å²) in [5.74, 6) is 0.00658. The summed E-state index contributed by atoms with van der Waals surface area (Å²) in [6, 6.07) is 4.64. The van der Waals surface area contributed by atoms with E-state index in [0.717, 1.165) is 11.3 Å². The number of carbonyl (C=O) groups is 1. The number of hydrogen-bond donors (Lipinski definition) is 1. The zero-order valence-corrected chi connectivity index (χ0v) is 11.8. The molecule has 0 radical (unpaired) electrons. The quantitative estimate of drug-likeness (QED) is 0.831. The Labute approximate surface area is 112 Å². The number of nitrogens with zero attached hydrogens (tertiary/aromatic N) is 2. The molecule has 2 N–H and O–H groups in total. The zero-order valence-electron chi connectivity index (χ0n) is 11.0. The predicted molar refractivity (Wildman–Crippen MR) is 72.4 cm³/mol.